The quantitative estimate of drug-likeness (QED) is 0.766. The number of ketones is 1. The van der Waals surface area contributed by atoms with Crippen LogP contribution in [0.2, 0.25) is 0 Å². The number of rotatable bonds is 7. The maximum atomic E-state index is 12.1. The van der Waals surface area contributed by atoms with Gasteiger partial charge in [0, 0.05) is 25.6 Å². The van der Waals surface area contributed by atoms with Crippen LogP contribution in [-0.4, -0.2) is 50.9 Å². The number of likely N-dealkylation sites (N-methyl/N-ethyl adjacent to an activating group) is 1. The summed E-state index contributed by atoms with van der Waals surface area (Å²) in [5.41, 5.74) is 0.615. The van der Waals surface area contributed by atoms with Crippen molar-refractivity contribution in [1.82, 2.24) is 10.2 Å². The minimum absolute atomic E-state index is 0.00718. The van der Waals surface area contributed by atoms with E-state index in [4.69, 9.17) is 4.74 Å². The zero-order chi connectivity index (χ0) is 15.1. The van der Waals surface area contributed by atoms with Crippen LogP contribution in [0.1, 0.15) is 16.8 Å². The van der Waals surface area contributed by atoms with E-state index in [0.717, 1.165) is 4.47 Å². The third kappa shape index (κ3) is 4.94. The van der Waals surface area contributed by atoms with E-state index < -0.39 is 0 Å². The highest BCUT2D eigenvalue weighted by Gasteiger charge is 2.12. The summed E-state index contributed by atoms with van der Waals surface area (Å²) in [5, 5.41) is 2.55. The molecule has 0 unspecified atom stereocenters. The van der Waals surface area contributed by atoms with Crippen molar-refractivity contribution in [2.24, 2.45) is 0 Å². The summed E-state index contributed by atoms with van der Waals surface area (Å²) >= 11 is 3.36. The lowest BCUT2D eigenvalue weighted by molar-refractivity contribution is -0.120. The summed E-state index contributed by atoms with van der Waals surface area (Å²) in [5.74, 6) is 0.666. The number of carbonyl (C=O) groups is 2. The van der Waals surface area contributed by atoms with Crippen molar-refractivity contribution in [2.45, 2.75) is 6.42 Å². The van der Waals surface area contributed by atoms with Gasteiger partial charge in [0.2, 0.25) is 5.91 Å². The molecule has 1 N–H and O–H groups in total. The standard InChI is InChI=1S/C14H19BrN2O3/c1-16-14(19)6-7-17(2)9-12(18)10-4-5-13(20-3)11(15)8-10/h4-5,8H,6-7,9H2,1-3H3,(H,16,19). The topological polar surface area (TPSA) is 58.6 Å². The van der Waals surface area contributed by atoms with Crippen LogP contribution in [0.15, 0.2) is 22.7 Å². The lowest BCUT2D eigenvalue weighted by atomic mass is 10.1. The summed E-state index contributed by atoms with van der Waals surface area (Å²) in [6.45, 7) is 0.818. The van der Waals surface area contributed by atoms with Gasteiger partial charge in [-0.2, -0.15) is 0 Å². The molecule has 1 amide bonds. The minimum Gasteiger partial charge on any atom is -0.496 e. The molecule has 1 aromatic carbocycles. The van der Waals surface area contributed by atoms with Crippen molar-refractivity contribution in [3.63, 3.8) is 0 Å². The fourth-order valence-corrected chi connectivity index (χ4v) is 2.21. The molecular formula is C14H19BrN2O3. The molecule has 0 saturated carbocycles. The fraction of sp³-hybridized carbons (Fsp3) is 0.429. The molecule has 20 heavy (non-hydrogen) atoms. The lowest BCUT2D eigenvalue weighted by Gasteiger charge is -2.15. The Morgan fingerprint density at radius 1 is 1.40 bits per heavy atom. The van der Waals surface area contributed by atoms with Gasteiger partial charge in [0.05, 0.1) is 18.1 Å². The average molecular weight is 343 g/mol. The van der Waals surface area contributed by atoms with Gasteiger partial charge in [-0.05, 0) is 41.2 Å². The second-order valence-corrected chi connectivity index (χ2v) is 5.29. The molecule has 0 aliphatic rings. The Balaban J connectivity index is 2.58. The van der Waals surface area contributed by atoms with Gasteiger partial charge in [0.1, 0.15) is 5.75 Å². The molecule has 1 rings (SSSR count). The molecule has 0 aromatic heterocycles. The number of Topliss-reactive ketones (excluding diaryl/α,β-unsaturated/α-hetero) is 1. The van der Waals surface area contributed by atoms with Crippen LogP contribution in [0.3, 0.4) is 0 Å². The zero-order valence-corrected chi connectivity index (χ0v) is 13.5. The second kappa shape index (κ2) is 8.01. The first-order valence-corrected chi connectivity index (χ1v) is 7.03. The Labute approximate surface area is 127 Å². The molecular weight excluding hydrogens is 324 g/mol. The first-order chi connectivity index (χ1) is 9.47. The summed E-state index contributed by atoms with van der Waals surface area (Å²) in [6, 6.07) is 5.23. The van der Waals surface area contributed by atoms with Crippen LogP contribution in [0.4, 0.5) is 0 Å². The van der Waals surface area contributed by atoms with E-state index in [1.807, 2.05) is 11.9 Å². The minimum atomic E-state index is -0.0310. The van der Waals surface area contributed by atoms with Gasteiger partial charge in [-0.3, -0.25) is 14.5 Å². The Bertz CT molecular complexity index is 491. The maximum Gasteiger partial charge on any atom is 0.221 e. The number of carbonyl (C=O) groups excluding carboxylic acids is 2. The number of amides is 1. The highest BCUT2D eigenvalue weighted by molar-refractivity contribution is 9.10. The van der Waals surface area contributed by atoms with Crippen LogP contribution < -0.4 is 10.1 Å². The van der Waals surface area contributed by atoms with Gasteiger partial charge < -0.3 is 10.1 Å². The normalized spacial score (nSPS) is 10.4. The molecule has 110 valence electrons. The average Bonchev–Trinajstić information content (AvgIpc) is 2.44. The molecule has 0 radical (unpaired) electrons. The van der Waals surface area contributed by atoms with Gasteiger partial charge in [-0.1, -0.05) is 0 Å². The van der Waals surface area contributed by atoms with Crippen LogP contribution in [-0.2, 0) is 4.79 Å². The van der Waals surface area contributed by atoms with E-state index in [1.165, 1.54) is 0 Å². The van der Waals surface area contributed by atoms with E-state index in [1.54, 1.807) is 32.4 Å². The monoisotopic (exact) mass is 342 g/mol. The molecule has 0 fully saturated rings. The number of benzene rings is 1. The molecule has 0 bridgehead atoms. The Morgan fingerprint density at radius 2 is 2.10 bits per heavy atom. The zero-order valence-electron chi connectivity index (χ0n) is 11.9. The lowest BCUT2D eigenvalue weighted by Crippen LogP contribution is -2.30. The van der Waals surface area contributed by atoms with Crippen LogP contribution in [0.5, 0.6) is 5.75 Å². The molecule has 0 heterocycles. The van der Waals surface area contributed by atoms with Crippen molar-refractivity contribution >= 4 is 27.6 Å². The number of nitrogens with zero attached hydrogens (tertiary/aromatic N) is 1. The highest BCUT2D eigenvalue weighted by atomic mass is 79.9. The number of halogens is 1. The summed E-state index contributed by atoms with van der Waals surface area (Å²) in [7, 11) is 5.00. The number of methoxy groups -OCH3 is 1. The summed E-state index contributed by atoms with van der Waals surface area (Å²) < 4.78 is 5.87. The summed E-state index contributed by atoms with van der Waals surface area (Å²) in [4.78, 5) is 25.1. The Morgan fingerprint density at radius 3 is 2.65 bits per heavy atom. The predicted molar refractivity (Wildman–Crippen MR) is 81.2 cm³/mol. The van der Waals surface area contributed by atoms with E-state index in [2.05, 4.69) is 21.2 Å². The number of ether oxygens (including phenoxy) is 1. The Hall–Kier alpha value is -1.40. The molecule has 1 aromatic rings. The SMILES string of the molecule is CNC(=O)CCN(C)CC(=O)c1ccc(OC)c(Br)c1. The van der Waals surface area contributed by atoms with Gasteiger partial charge in [0.15, 0.2) is 5.78 Å². The number of hydrogen-bond donors (Lipinski definition) is 1. The van der Waals surface area contributed by atoms with Crippen LogP contribution in [0.25, 0.3) is 0 Å². The number of nitrogens with one attached hydrogen (secondary N) is 1. The third-order valence-corrected chi connectivity index (χ3v) is 3.51. The molecule has 0 aliphatic heterocycles. The van der Waals surface area contributed by atoms with E-state index in [9.17, 15) is 9.59 Å². The van der Waals surface area contributed by atoms with Gasteiger partial charge in [-0.25, -0.2) is 0 Å². The molecule has 6 heteroatoms. The molecule has 0 aliphatic carbocycles. The van der Waals surface area contributed by atoms with Crippen LogP contribution in [0, 0.1) is 0 Å². The second-order valence-electron chi connectivity index (χ2n) is 4.43. The van der Waals surface area contributed by atoms with Gasteiger partial charge >= 0.3 is 0 Å². The van der Waals surface area contributed by atoms with Gasteiger partial charge in [0.25, 0.3) is 0 Å². The molecule has 0 atom stereocenters. The van der Waals surface area contributed by atoms with E-state index in [0.29, 0.717) is 24.3 Å². The van der Waals surface area contributed by atoms with Crippen molar-refractivity contribution in [3.8, 4) is 5.75 Å². The van der Waals surface area contributed by atoms with Crippen molar-refractivity contribution < 1.29 is 14.3 Å². The van der Waals surface area contributed by atoms with Gasteiger partial charge in [-0.15, -0.1) is 0 Å². The van der Waals surface area contributed by atoms with E-state index in [-0.39, 0.29) is 18.2 Å². The molecule has 0 saturated heterocycles. The van der Waals surface area contributed by atoms with Crippen molar-refractivity contribution in [1.29, 1.82) is 0 Å². The number of hydrogen-bond acceptors (Lipinski definition) is 4. The third-order valence-electron chi connectivity index (χ3n) is 2.89. The molecule has 0 spiro atoms. The first-order valence-electron chi connectivity index (χ1n) is 6.23. The highest BCUT2D eigenvalue weighted by Crippen LogP contribution is 2.25. The smallest absolute Gasteiger partial charge is 0.221 e. The fourth-order valence-electron chi connectivity index (χ4n) is 1.67. The van der Waals surface area contributed by atoms with Crippen molar-refractivity contribution in [2.75, 3.05) is 34.3 Å². The predicted octanol–water partition coefficient (Wildman–Crippen LogP) is 1.71. The maximum absolute atomic E-state index is 12.1. The largest absolute Gasteiger partial charge is 0.496 e. The van der Waals surface area contributed by atoms with E-state index >= 15 is 0 Å². The molecule has 5 nitrogen and oxygen atoms in total. The summed E-state index contributed by atoms with van der Waals surface area (Å²) in [6.07, 6.45) is 0.382. The Kier molecular flexibility index (Phi) is 6.67. The van der Waals surface area contributed by atoms with Crippen LogP contribution >= 0.6 is 15.9 Å². The van der Waals surface area contributed by atoms with Crippen molar-refractivity contribution in [3.05, 3.63) is 28.2 Å². The first kappa shape index (κ1) is 16.7.